The number of methoxy groups -OCH3 is 3. The number of ether oxygens (including phenoxy) is 5. The molecule has 0 N–H and O–H groups in total. The second kappa shape index (κ2) is 12.4. The summed E-state index contributed by atoms with van der Waals surface area (Å²) in [5, 5.41) is 11.2. The molecule has 10 heteroatoms. The Morgan fingerprint density at radius 1 is 0.949 bits per heavy atom. The third-order valence-electron chi connectivity index (χ3n) is 6.36. The molecule has 2 aromatic carbocycles. The highest BCUT2D eigenvalue weighted by molar-refractivity contribution is 6.11. The van der Waals surface area contributed by atoms with Crippen molar-refractivity contribution in [2.24, 2.45) is 0 Å². The fraction of sp³-hybridized carbons (Fsp3) is 0.414. The molecule has 208 valence electrons. The first-order chi connectivity index (χ1) is 18.7. The van der Waals surface area contributed by atoms with E-state index in [2.05, 4.69) is 6.07 Å². The summed E-state index contributed by atoms with van der Waals surface area (Å²) in [5.74, 6) is 0.148. The fourth-order valence-corrected chi connectivity index (χ4v) is 4.85. The molecule has 0 aliphatic heterocycles. The van der Waals surface area contributed by atoms with Crippen LogP contribution in [0.1, 0.15) is 42.4 Å². The summed E-state index contributed by atoms with van der Waals surface area (Å²) < 4.78 is 28.8. The Labute approximate surface area is 228 Å². The number of esters is 2. The predicted octanol–water partition coefficient (Wildman–Crippen LogP) is 4.57. The number of fused-ring (bicyclic) bond motifs is 1. The molecular formula is C29H35N3O7. The number of nitrogens with zero attached hydrogens (tertiary/aromatic N) is 3. The van der Waals surface area contributed by atoms with Gasteiger partial charge in [-0.3, -0.25) is 4.79 Å². The van der Waals surface area contributed by atoms with Crippen LogP contribution in [0.5, 0.6) is 17.2 Å². The Bertz CT molecular complexity index is 1410. The van der Waals surface area contributed by atoms with Gasteiger partial charge in [0.05, 0.1) is 51.3 Å². The Balaban J connectivity index is 2.57. The zero-order chi connectivity index (χ0) is 28.9. The topological polar surface area (TPSA) is 112 Å². The number of aromatic nitrogens is 1. The van der Waals surface area contributed by atoms with Gasteiger partial charge in [-0.15, -0.1) is 0 Å². The van der Waals surface area contributed by atoms with Gasteiger partial charge in [0.1, 0.15) is 12.6 Å². The molecule has 39 heavy (non-hydrogen) atoms. The van der Waals surface area contributed by atoms with Crippen molar-refractivity contribution in [2.45, 2.75) is 33.7 Å². The van der Waals surface area contributed by atoms with Crippen molar-refractivity contribution in [3.8, 4) is 34.4 Å². The van der Waals surface area contributed by atoms with E-state index in [1.807, 2.05) is 13.0 Å². The second-order valence-corrected chi connectivity index (χ2v) is 8.76. The first-order valence-corrected chi connectivity index (χ1v) is 12.6. The number of rotatable bonds is 11. The van der Waals surface area contributed by atoms with Gasteiger partial charge in [-0.25, -0.2) is 4.79 Å². The van der Waals surface area contributed by atoms with Crippen molar-refractivity contribution in [2.75, 3.05) is 53.5 Å². The molecule has 0 unspecified atom stereocenters. The molecule has 0 aliphatic carbocycles. The van der Waals surface area contributed by atoms with Crippen molar-refractivity contribution in [3.63, 3.8) is 0 Å². The number of carbonyl (C=O) groups excluding carboxylic acids is 2. The van der Waals surface area contributed by atoms with Gasteiger partial charge in [-0.2, -0.15) is 5.26 Å². The minimum absolute atomic E-state index is 0.147. The van der Waals surface area contributed by atoms with Gasteiger partial charge < -0.3 is 33.2 Å². The Morgan fingerprint density at radius 3 is 2.03 bits per heavy atom. The number of benzene rings is 2. The maximum atomic E-state index is 13.3. The highest BCUT2D eigenvalue weighted by atomic mass is 16.5. The molecule has 3 rings (SSSR count). The zero-order valence-electron chi connectivity index (χ0n) is 23.8. The first kappa shape index (κ1) is 29.2. The molecule has 0 atom stereocenters. The lowest BCUT2D eigenvalue weighted by Crippen LogP contribution is -2.21. The highest BCUT2D eigenvalue weighted by Crippen LogP contribution is 2.46. The number of hydrogen-bond donors (Lipinski definition) is 0. The molecular weight excluding hydrogens is 502 g/mol. The van der Waals surface area contributed by atoms with Crippen LogP contribution in [0.4, 0.5) is 5.69 Å². The van der Waals surface area contributed by atoms with Crippen molar-refractivity contribution in [1.29, 1.82) is 5.26 Å². The van der Waals surface area contributed by atoms with Gasteiger partial charge in [0.2, 0.25) is 5.75 Å². The molecule has 3 aromatic rings. The number of aryl methyl sites for hydroxylation is 1. The molecule has 1 aromatic heterocycles. The maximum Gasteiger partial charge on any atom is 0.357 e. The van der Waals surface area contributed by atoms with Crippen LogP contribution in [-0.2, 0) is 27.2 Å². The first-order valence-electron chi connectivity index (χ1n) is 12.6. The van der Waals surface area contributed by atoms with Gasteiger partial charge in [-0.05, 0) is 49.6 Å². The van der Waals surface area contributed by atoms with Crippen LogP contribution in [0.25, 0.3) is 22.0 Å². The highest BCUT2D eigenvalue weighted by Gasteiger charge is 2.31. The normalized spacial score (nSPS) is 10.6. The Hall–Kier alpha value is -4.39. The van der Waals surface area contributed by atoms with E-state index in [4.69, 9.17) is 23.7 Å². The van der Waals surface area contributed by atoms with Gasteiger partial charge in [0, 0.05) is 25.0 Å². The zero-order valence-corrected chi connectivity index (χ0v) is 23.8. The summed E-state index contributed by atoms with van der Waals surface area (Å²) in [7, 11) is 8.17. The molecule has 0 bridgehead atoms. The van der Waals surface area contributed by atoms with Crippen LogP contribution in [0.3, 0.4) is 0 Å². The van der Waals surface area contributed by atoms with Crippen LogP contribution in [0, 0.1) is 11.3 Å². The smallest absolute Gasteiger partial charge is 0.357 e. The molecule has 0 amide bonds. The monoisotopic (exact) mass is 537 g/mol. The summed E-state index contributed by atoms with van der Waals surface area (Å²) in [4.78, 5) is 27.8. The van der Waals surface area contributed by atoms with E-state index in [1.54, 1.807) is 45.0 Å². The van der Waals surface area contributed by atoms with Crippen molar-refractivity contribution >= 4 is 28.5 Å². The third kappa shape index (κ3) is 5.30. The Kier molecular flexibility index (Phi) is 9.30. The average Bonchev–Trinajstić information content (AvgIpc) is 3.24. The van der Waals surface area contributed by atoms with Gasteiger partial charge in [-0.1, -0.05) is 6.92 Å². The number of hydrogen-bond acceptors (Lipinski definition) is 9. The predicted molar refractivity (Wildman–Crippen MR) is 148 cm³/mol. The Morgan fingerprint density at radius 2 is 1.56 bits per heavy atom. The largest absolute Gasteiger partial charge is 0.493 e. The maximum absolute atomic E-state index is 13.3. The molecule has 10 nitrogen and oxygen atoms in total. The summed E-state index contributed by atoms with van der Waals surface area (Å²) >= 11 is 0. The summed E-state index contributed by atoms with van der Waals surface area (Å²) in [5.41, 5.74) is 3.60. The third-order valence-corrected chi connectivity index (χ3v) is 6.36. The van der Waals surface area contributed by atoms with Gasteiger partial charge in [0.15, 0.2) is 17.2 Å². The number of nitriles is 1. The lowest BCUT2D eigenvalue weighted by Gasteiger charge is -2.18. The lowest BCUT2D eigenvalue weighted by atomic mass is 9.90. The van der Waals surface area contributed by atoms with Crippen LogP contribution < -0.4 is 19.1 Å². The van der Waals surface area contributed by atoms with Crippen molar-refractivity contribution < 1.29 is 33.3 Å². The average molecular weight is 538 g/mol. The molecule has 0 spiro atoms. The van der Waals surface area contributed by atoms with Crippen LogP contribution in [0.15, 0.2) is 18.2 Å². The van der Waals surface area contributed by atoms with Gasteiger partial charge in [0.25, 0.3) is 0 Å². The summed E-state index contributed by atoms with van der Waals surface area (Å²) in [6.07, 6.45) is 0.585. The van der Waals surface area contributed by atoms with E-state index in [-0.39, 0.29) is 25.5 Å². The van der Waals surface area contributed by atoms with Crippen LogP contribution >= 0.6 is 0 Å². The number of anilines is 1. The molecule has 0 fully saturated rings. The molecule has 1 heterocycles. The minimum atomic E-state index is -0.599. The molecule has 0 saturated heterocycles. The lowest BCUT2D eigenvalue weighted by molar-refractivity contribution is -0.143. The standard InChI is InChI=1S/C29H35N3O7/c1-9-17-12-19-25(20(15-30)24(17)18-13-21(35-6)28(37-8)22(14-18)36-7)32(16-23(33)38-10-2)27(26(19)31(4)5)29(34)39-11-3/h12-14H,9-11,16H2,1-8H3. The SMILES string of the molecule is CCOC(=O)Cn1c(C(=O)OCC)c(N(C)C)c2cc(CC)c(-c3cc(OC)c(OC)c(OC)c3)c(C#N)c21. The molecule has 0 saturated carbocycles. The van der Waals surface area contributed by atoms with Crippen molar-refractivity contribution in [1.82, 2.24) is 4.57 Å². The van der Waals surface area contributed by atoms with E-state index in [1.165, 1.54) is 25.9 Å². The van der Waals surface area contributed by atoms with Gasteiger partial charge >= 0.3 is 11.9 Å². The van der Waals surface area contributed by atoms with Crippen LogP contribution in [-0.4, -0.2) is 65.1 Å². The fourth-order valence-electron chi connectivity index (χ4n) is 4.85. The van der Waals surface area contributed by atoms with Crippen molar-refractivity contribution in [3.05, 3.63) is 35.0 Å². The van der Waals surface area contributed by atoms with E-state index in [0.717, 1.165) is 5.56 Å². The van der Waals surface area contributed by atoms with E-state index in [0.29, 0.717) is 57.0 Å². The summed E-state index contributed by atoms with van der Waals surface area (Å²) in [6.45, 7) is 5.45. The van der Waals surface area contributed by atoms with E-state index >= 15 is 0 Å². The number of carbonyl (C=O) groups is 2. The quantitative estimate of drug-likeness (QED) is 0.325. The molecule has 0 aliphatic rings. The van der Waals surface area contributed by atoms with E-state index in [9.17, 15) is 14.9 Å². The van der Waals surface area contributed by atoms with Crippen LogP contribution in [0.2, 0.25) is 0 Å². The van der Waals surface area contributed by atoms with E-state index < -0.39 is 11.9 Å². The second-order valence-electron chi connectivity index (χ2n) is 8.76. The minimum Gasteiger partial charge on any atom is -0.493 e. The molecule has 0 radical (unpaired) electrons. The summed E-state index contributed by atoms with van der Waals surface area (Å²) in [6, 6.07) is 7.86.